The third-order valence-corrected chi connectivity index (χ3v) is 3.67. The maximum absolute atomic E-state index is 11.9. The molecule has 0 fully saturated rings. The van der Waals surface area contributed by atoms with Gasteiger partial charge in [-0.25, -0.2) is 0 Å². The van der Waals surface area contributed by atoms with Gasteiger partial charge in [0.25, 0.3) is 0 Å². The minimum Gasteiger partial charge on any atom is -0.457 e. The summed E-state index contributed by atoms with van der Waals surface area (Å²) in [5.41, 5.74) is 1.13. The maximum atomic E-state index is 11.9. The lowest BCUT2D eigenvalue weighted by atomic mass is 10.1. The van der Waals surface area contributed by atoms with E-state index in [9.17, 15) is 14.4 Å². The highest BCUT2D eigenvalue weighted by Crippen LogP contribution is 2.11. The average Bonchev–Trinajstić information content (AvgIpc) is 2.59. The molecule has 0 aliphatic carbocycles. The van der Waals surface area contributed by atoms with E-state index in [1.54, 1.807) is 48.5 Å². The number of carbonyl (C=O) groups is 3. The fourth-order valence-corrected chi connectivity index (χ4v) is 2.16. The Labute approximate surface area is 148 Å². The molecule has 0 bridgehead atoms. The highest BCUT2D eigenvalue weighted by molar-refractivity contribution is 9.10. The summed E-state index contributed by atoms with van der Waals surface area (Å²) in [7, 11) is 0. The molecule has 0 aliphatic rings. The molecule has 0 aromatic heterocycles. The number of para-hydroxylation sites is 1. The fourth-order valence-electron chi connectivity index (χ4n) is 1.90. The van der Waals surface area contributed by atoms with Gasteiger partial charge in [-0.1, -0.05) is 46.3 Å². The first-order valence-corrected chi connectivity index (χ1v) is 8.13. The highest BCUT2D eigenvalue weighted by atomic mass is 79.9. The number of carbonyl (C=O) groups excluding carboxylic acids is 3. The van der Waals surface area contributed by atoms with Gasteiger partial charge in [-0.05, 0) is 24.3 Å². The minimum absolute atomic E-state index is 0.000200. The van der Waals surface area contributed by atoms with Gasteiger partial charge in [-0.2, -0.15) is 0 Å². The van der Waals surface area contributed by atoms with E-state index < -0.39 is 5.97 Å². The molecular formula is C18H16BrNO4. The quantitative estimate of drug-likeness (QED) is 0.579. The van der Waals surface area contributed by atoms with Crippen LogP contribution >= 0.6 is 15.9 Å². The molecule has 24 heavy (non-hydrogen) atoms. The average molecular weight is 390 g/mol. The standard InChI is InChI=1S/C18H16BrNO4/c19-14-8-6-13(7-9-14)16(21)12-24-18(23)11-10-17(22)20-15-4-2-1-3-5-15/h1-9H,10-12H2,(H,20,22). The number of ketones is 1. The molecule has 5 nitrogen and oxygen atoms in total. The van der Waals surface area contributed by atoms with Gasteiger partial charge in [0.15, 0.2) is 12.4 Å². The molecule has 0 saturated heterocycles. The van der Waals surface area contributed by atoms with Crippen LogP contribution in [0.2, 0.25) is 0 Å². The molecule has 0 radical (unpaired) electrons. The second-order valence-electron chi connectivity index (χ2n) is 5.00. The summed E-state index contributed by atoms with van der Waals surface area (Å²) in [5.74, 6) is -1.15. The number of hydrogen-bond acceptors (Lipinski definition) is 4. The van der Waals surface area contributed by atoms with E-state index in [1.807, 2.05) is 6.07 Å². The van der Waals surface area contributed by atoms with E-state index in [0.717, 1.165) is 4.47 Å². The molecule has 0 heterocycles. The van der Waals surface area contributed by atoms with Crippen LogP contribution in [0.15, 0.2) is 59.1 Å². The lowest BCUT2D eigenvalue weighted by Gasteiger charge is -2.06. The van der Waals surface area contributed by atoms with Gasteiger partial charge >= 0.3 is 5.97 Å². The number of esters is 1. The van der Waals surface area contributed by atoms with Crippen molar-refractivity contribution in [2.75, 3.05) is 11.9 Å². The molecule has 0 atom stereocenters. The van der Waals surface area contributed by atoms with Gasteiger partial charge in [0.2, 0.25) is 5.91 Å². The van der Waals surface area contributed by atoms with Gasteiger partial charge in [0.1, 0.15) is 0 Å². The van der Waals surface area contributed by atoms with Crippen molar-refractivity contribution in [1.29, 1.82) is 0 Å². The van der Waals surface area contributed by atoms with E-state index in [4.69, 9.17) is 4.74 Å². The summed E-state index contributed by atoms with van der Waals surface area (Å²) < 4.78 is 5.77. The zero-order chi connectivity index (χ0) is 17.4. The van der Waals surface area contributed by atoms with Crippen molar-refractivity contribution in [3.05, 3.63) is 64.6 Å². The first-order chi connectivity index (χ1) is 11.5. The number of amides is 1. The van der Waals surface area contributed by atoms with Crippen molar-refractivity contribution < 1.29 is 19.1 Å². The van der Waals surface area contributed by atoms with Crippen LogP contribution in [0, 0.1) is 0 Å². The van der Waals surface area contributed by atoms with Crippen LogP contribution in [0.5, 0.6) is 0 Å². The summed E-state index contributed by atoms with van der Waals surface area (Å²) in [6, 6.07) is 15.7. The number of ether oxygens (including phenoxy) is 1. The third-order valence-electron chi connectivity index (χ3n) is 3.14. The number of rotatable bonds is 7. The molecule has 0 unspecified atom stereocenters. The van der Waals surface area contributed by atoms with Crippen LogP contribution in [0.1, 0.15) is 23.2 Å². The van der Waals surface area contributed by atoms with Crippen LogP contribution < -0.4 is 5.32 Å². The molecular weight excluding hydrogens is 374 g/mol. The number of benzene rings is 2. The SMILES string of the molecule is O=C(CCC(=O)OCC(=O)c1ccc(Br)cc1)Nc1ccccc1. The Hall–Kier alpha value is -2.47. The molecule has 0 spiro atoms. The predicted octanol–water partition coefficient (Wildman–Crippen LogP) is 3.59. The first-order valence-electron chi connectivity index (χ1n) is 7.34. The van der Waals surface area contributed by atoms with Crippen molar-refractivity contribution in [1.82, 2.24) is 0 Å². The number of hydrogen-bond donors (Lipinski definition) is 1. The number of nitrogens with one attached hydrogen (secondary N) is 1. The number of halogens is 1. The monoisotopic (exact) mass is 389 g/mol. The second kappa shape index (κ2) is 8.98. The van der Waals surface area contributed by atoms with Crippen molar-refractivity contribution in [3.8, 4) is 0 Å². The van der Waals surface area contributed by atoms with Gasteiger partial charge in [0.05, 0.1) is 6.42 Å². The van der Waals surface area contributed by atoms with Crippen LogP contribution in [0.25, 0.3) is 0 Å². The molecule has 2 aromatic rings. The third kappa shape index (κ3) is 5.96. The molecule has 1 N–H and O–H groups in total. The maximum Gasteiger partial charge on any atom is 0.306 e. The normalized spacial score (nSPS) is 10.0. The van der Waals surface area contributed by atoms with E-state index in [1.165, 1.54) is 0 Å². The molecule has 0 saturated carbocycles. The smallest absolute Gasteiger partial charge is 0.306 e. The van der Waals surface area contributed by atoms with Gasteiger partial charge in [-0.3, -0.25) is 14.4 Å². The Balaban J connectivity index is 1.70. The Kier molecular flexibility index (Phi) is 6.69. The number of Topliss-reactive ketones (excluding diaryl/α,β-unsaturated/α-hetero) is 1. The van der Waals surface area contributed by atoms with Gasteiger partial charge in [-0.15, -0.1) is 0 Å². The van der Waals surface area contributed by atoms with Crippen LogP contribution in [-0.2, 0) is 14.3 Å². The highest BCUT2D eigenvalue weighted by Gasteiger charge is 2.12. The van der Waals surface area contributed by atoms with Crippen LogP contribution in [0.4, 0.5) is 5.69 Å². The summed E-state index contributed by atoms with van der Waals surface area (Å²) in [6.45, 7) is -0.333. The van der Waals surface area contributed by atoms with Crippen molar-refractivity contribution in [2.24, 2.45) is 0 Å². The summed E-state index contributed by atoms with van der Waals surface area (Å²) in [4.78, 5) is 35.2. The van der Waals surface area contributed by atoms with E-state index >= 15 is 0 Å². The Bertz CT molecular complexity index is 714. The molecule has 0 aliphatic heterocycles. The largest absolute Gasteiger partial charge is 0.457 e. The van der Waals surface area contributed by atoms with Crippen molar-refractivity contribution in [2.45, 2.75) is 12.8 Å². The predicted molar refractivity (Wildman–Crippen MR) is 93.7 cm³/mol. The van der Waals surface area contributed by atoms with Crippen LogP contribution in [0.3, 0.4) is 0 Å². The minimum atomic E-state index is -0.580. The Morgan fingerprint density at radius 3 is 2.25 bits per heavy atom. The fraction of sp³-hybridized carbons (Fsp3) is 0.167. The first kappa shape index (κ1) is 17.9. The number of anilines is 1. The lowest BCUT2D eigenvalue weighted by Crippen LogP contribution is -2.17. The van der Waals surface area contributed by atoms with Crippen molar-refractivity contribution in [3.63, 3.8) is 0 Å². The molecule has 1 amide bonds. The topological polar surface area (TPSA) is 72.5 Å². The van der Waals surface area contributed by atoms with Crippen LogP contribution in [-0.4, -0.2) is 24.3 Å². The Morgan fingerprint density at radius 2 is 1.58 bits per heavy atom. The molecule has 2 rings (SSSR count). The Morgan fingerprint density at radius 1 is 0.917 bits per heavy atom. The summed E-state index contributed by atoms with van der Waals surface area (Å²) in [6.07, 6.45) is -0.0769. The van der Waals surface area contributed by atoms with E-state index in [0.29, 0.717) is 11.3 Å². The van der Waals surface area contributed by atoms with Gasteiger partial charge in [0, 0.05) is 22.1 Å². The molecule has 2 aromatic carbocycles. The van der Waals surface area contributed by atoms with Gasteiger partial charge < -0.3 is 10.1 Å². The molecule has 6 heteroatoms. The van der Waals surface area contributed by atoms with Crippen molar-refractivity contribution >= 4 is 39.3 Å². The second-order valence-corrected chi connectivity index (χ2v) is 5.92. The zero-order valence-electron chi connectivity index (χ0n) is 12.8. The summed E-state index contributed by atoms with van der Waals surface area (Å²) >= 11 is 3.28. The molecule has 124 valence electrons. The van der Waals surface area contributed by atoms with E-state index in [2.05, 4.69) is 21.2 Å². The lowest BCUT2D eigenvalue weighted by molar-refractivity contribution is -0.143. The van der Waals surface area contributed by atoms with E-state index in [-0.39, 0.29) is 31.1 Å². The summed E-state index contributed by atoms with van der Waals surface area (Å²) in [5, 5.41) is 2.68. The zero-order valence-corrected chi connectivity index (χ0v) is 14.4.